The molecule has 14 heavy (non-hydrogen) atoms. The number of benzene rings is 1. The standard InChI is InChI=1S/C11H11BrN2/c1-9-13-6-7-14(9)8-10-2-4-11(12)5-3-10/h2-7H,8H2,1H3. The first kappa shape index (κ1) is 9.46. The summed E-state index contributed by atoms with van der Waals surface area (Å²) in [7, 11) is 0. The molecule has 2 nitrogen and oxygen atoms in total. The summed E-state index contributed by atoms with van der Waals surface area (Å²) in [4.78, 5) is 4.18. The molecule has 0 aliphatic carbocycles. The van der Waals surface area contributed by atoms with Crippen molar-refractivity contribution in [3.8, 4) is 0 Å². The zero-order valence-corrected chi connectivity index (χ0v) is 9.53. The van der Waals surface area contributed by atoms with Gasteiger partial charge in [-0.1, -0.05) is 28.1 Å². The molecule has 3 heteroatoms. The van der Waals surface area contributed by atoms with Crippen LogP contribution in [0.4, 0.5) is 0 Å². The summed E-state index contributed by atoms with van der Waals surface area (Å²) in [5, 5.41) is 0. The van der Waals surface area contributed by atoms with Gasteiger partial charge in [-0.15, -0.1) is 0 Å². The maximum atomic E-state index is 4.18. The van der Waals surface area contributed by atoms with Gasteiger partial charge in [-0.05, 0) is 24.6 Å². The maximum Gasteiger partial charge on any atom is 0.105 e. The molecule has 0 amide bonds. The van der Waals surface area contributed by atoms with Gasteiger partial charge in [0, 0.05) is 23.4 Å². The van der Waals surface area contributed by atoms with E-state index in [4.69, 9.17) is 0 Å². The van der Waals surface area contributed by atoms with Gasteiger partial charge >= 0.3 is 0 Å². The van der Waals surface area contributed by atoms with Crippen LogP contribution in [0.25, 0.3) is 0 Å². The Labute approximate surface area is 91.7 Å². The van der Waals surface area contributed by atoms with Crippen molar-refractivity contribution in [2.75, 3.05) is 0 Å². The van der Waals surface area contributed by atoms with Gasteiger partial charge in [0.05, 0.1) is 0 Å². The van der Waals surface area contributed by atoms with Crippen LogP contribution in [0.2, 0.25) is 0 Å². The van der Waals surface area contributed by atoms with E-state index in [1.807, 2.05) is 19.3 Å². The lowest BCUT2D eigenvalue weighted by atomic mass is 10.2. The second-order valence-corrected chi connectivity index (χ2v) is 4.14. The molecule has 0 saturated heterocycles. The largest absolute Gasteiger partial charge is 0.331 e. The van der Waals surface area contributed by atoms with Gasteiger partial charge in [0.1, 0.15) is 5.82 Å². The summed E-state index contributed by atoms with van der Waals surface area (Å²) < 4.78 is 3.24. The highest BCUT2D eigenvalue weighted by Gasteiger charge is 1.97. The van der Waals surface area contributed by atoms with E-state index in [-0.39, 0.29) is 0 Å². The number of aromatic nitrogens is 2. The smallest absolute Gasteiger partial charge is 0.105 e. The fourth-order valence-corrected chi connectivity index (χ4v) is 1.62. The van der Waals surface area contributed by atoms with Crippen LogP contribution < -0.4 is 0 Å². The van der Waals surface area contributed by atoms with Crippen molar-refractivity contribution in [1.29, 1.82) is 0 Å². The van der Waals surface area contributed by atoms with Crippen molar-refractivity contribution in [3.05, 3.63) is 52.5 Å². The van der Waals surface area contributed by atoms with Crippen LogP contribution in [0.1, 0.15) is 11.4 Å². The van der Waals surface area contributed by atoms with E-state index in [9.17, 15) is 0 Å². The number of nitrogens with zero attached hydrogens (tertiary/aromatic N) is 2. The Morgan fingerprint density at radius 1 is 1.29 bits per heavy atom. The lowest BCUT2D eigenvalue weighted by Gasteiger charge is -2.04. The summed E-state index contributed by atoms with van der Waals surface area (Å²) >= 11 is 3.42. The van der Waals surface area contributed by atoms with Crippen molar-refractivity contribution in [2.45, 2.75) is 13.5 Å². The van der Waals surface area contributed by atoms with Crippen LogP contribution in [0, 0.1) is 6.92 Å². The van der Waals surface area contributed by atoms with Crippen molar-refractivity contribution in [1.82, 2.24) is 9.55 Å². The second kappa shape index (κ2) is 3.96. The normalized spacial score (nSPS) is 10.4. The zero-order chi connectivity index (χ0) is 9.97. The Kier molecular flexibility index (Phi) is 2.68. The predicted molar refractivity (Wildman–Crippen MR) is 60.2 cm³/mol. The Balaban J connectivity index is 2.19. The van der Waals surface area contributed by atoms with Crippen LogP contribution >= 0.6 is 15.9 Å². The summed E-state index contributed by atoms with van der Waals surface area (Å²) in [6.07, 6.45) is 3.82. The number of hydrogen-bond donors (Lipinski definition) is 0. The molecule has 0 radical (unpaired) electrons. The van der Waals surface area contributed by atoms with Crippen molar-refractivity contribution < 1.29 is 0 Å². The molecule has 72 valence electrons. The highest BCUT2D eigenvalue weighted by molar-refractivity contribution is 9.10. The predicted octanol–water partition coefficient (Wildman–Crippen LogP) is 3.00. The van der Waals surface area contributed by atoms with Crippen LogP contribution in [-0.4, -0.2) is 9.55 Å². The van der Waals surface area contributed by atoms with E-state index in [1.54, 1.807) is 0 Å². The third-order valence-corrected chi connectivity index (χ3v) is 2.72. The first-order chi connectivity index (χ1) is 6.75. The Hall–Kier alpha value is -1.09. The molecule has 1 aromatic carbocycles. The molecule has 0 aliphatic rings. The monoisotopic (exact) mass is 250 g/mol. The van der Waals surface area contributed by atoms with Crippen LogP contribution in [0.5, 0.6) is 0 Å². The molecule has 0 aliphatic heterocycles. The lowest BCUT2D eigenvalue weighted by molar-refractivity contribution is 0.761. The number of aryl methyl sites for hydroxylation is 1. The number of hydrogen-bond acceptors (Lipinski definition) is 1. The molecule has 0 saturated carbocycles. The molecule has 0 fully saturated rings. The number of halogens is 1. The highest BCUT2D eigenvalue weighted by Crippen LogP contribution is 2.11. The summed E-state index contributed by atoms with van der Waals surface area (Å²) in [5.74, 6) is 1.05. The minimum Gasteiger partial charge on any atom is -0.331 e. The van der Waals surface area contributed by atoms with E-state index >= 15 is 0 Å². The van der Waals surface area contributed by atoms with Crippen LogP contribution in [0.15, 0.2) is 41.1 Å². The van der Waals surface area contributed by atoms with Crippen molar-refractivity contribution in [2.24, 2.45) is 0 Å². The fraction of sp³-hybridized carbons (Fsp3) is 0.182. The lowest BCUT2D eigenvalue weighted by Crippen LogP contribution is -2.00. The molecule has 0 atom stereocenters. The van der Waals surface area contributed by atoms with E-state index in [2.05, 4.69) is 49.7 Å². The molecule has 0 N–H and O–H groups in total. The molecule has 0 spiro atoms. The minimum absolute atomic E-state index is 0.888. The molecule has 2 rings (SSSR count). The van der Waals surface area contributed by atoms with Gasteiger partial charge < -0.3 is 4.57 Å². The first-order valence-electron chi connectivity index (χ1n) is 4.48. The quantitative estimate of drug-likeness (QED) is 0.802. The van der Waals surface area contributed by atoms with Crippen molar-refractivity contribution >= 4 is 15.9 Å². The first-order valence-corrected chi connectivity index (χ1v) is 5.27. The average molecular weight is 251 g/mol. The number of rotatable bonds is 2. The molecule has 0 bridgehead atoms. The fourth-order valence-electron chi connectivity index (χ4n) is 1.36. The molecule has 0 unspecified atom stereocenters. The zero-order valence-electron chi connectivity index (χ0n) is 7.94. The Bertz CT molecular complexity index is 417. The third-order valence-electron chi connectivity index (χ3n) is 2.19. The molecule has 1 heterocycles. The van der Waals surface area contributed by atoms with Crippen molar-refractivity contribution in [3.63, 3.8) is 0 Å². The van der Waals surface area contributed by atoms with Gasteiger partial charge in [0.15, 0.2) is 0 Å². The molecular formula is C11H11BrN2. The molecule has 1 aromatic heterocycles. The highest BCUT2D eigenvalue weighted by atomic mass is 79.9. The van der Waals surface area contributed by atoms with Gasteiger partial charge in [0.25, 0.3) is 0 Å². The second-order valence-electron chi connectivity index (χ2n) is 3.23. The SMILES string of the molecule is Cc1nccn1Cc1ccc(Br)cc1. The van der Waals surface area contributed by atoms with E-state index in [1.165, 1.54) is 5.56 Å². The summed E-state index contributed by atoms with van der Waals surface area (Å²) in [5.41, 5.74) is 1.29. The van der Waals surface area contributed by atoms with E-state index < -0.39 is 0 Å². The Morgan fingerprint density at radius 3 is 2.57 bits per heavy atom. The third kappa shape index (κ3) is 2.04. The maximum absolute atomic E-state index is 4.18. The summed E-state index contributed by atoms with van der Waals surface area (Å²) in [6, 6.07) is 8.34. The topological polar surface area (TPSA) is 17.8 Å². The van der Waals surface area contributed by atoms with E-state index in [0.29, 0.717) is 0 Å². The average Bonchev–Trinajstić information content (AvgIpc) is 2.56. The summed E-state index contributed by atoms with van der Waals surface area (Å²) in [6.45, 7) is 2.90. The van der Waals surface area contributed by atoms with Gasteiger partial charge in [-0.3, -0.25) is 0 Å². The van der Waals surface area contributed by atoms with Gasteiger partial charge in [0.2, 0.25) is 0 Å². The Morgan fingerprint density at radius 2 is 2.00 bits per heavy atom. The van der Waals surface area contributed by atoms with E-state index in [0.717, 1.165) is 16.8 Å². The molecular weight excluding hydrogens is 240 g/mol. The number of imidazole rings is 1. The van der Waals surface area contributed by atoms with Crippen LogP contribution in [0.3, 0.4) is 0 Å². The molecule has 2 aromatic rings. The van der Waals surface area contributed by atoms with Gasteiger partial charge in [-0.25, -0.2) is 4.98 Å². The minimum atomic E-state index is 0.888. The van der Waals surface area contributed by atoms with Crippen LogP contribution in [-0.2, 0) is 6.54 Å². The van der Waals surface area contributed by atoms with Gasteiger partial charge in [-0.2, -0.15) is 0 Å².